The first-order valence-corrected chi connectivity index (χ1v) is 12.9. The Morgan fingerprint density at radius 3 is 2.40 bits per heavy atom. The molecule has 3 unspecified atom stereocenters. The van der Waals surface area contributed by atoms with Gasteiger partial charge in [-0.05, 0) is 76.1 Å². The van der Waals surface area contributed by atoms with Crippen LogP contribution in [0.2, 0.25) is 0 Å². The first-order chi connectivity index (χ1) is 14.4. The topological polar surface area (TPSA) is 66.9 Å². The third kappa shape index (κ3) is 4.11. The zero-order valence-corrected chi connectivity index (χ0v) is 18.9. The Hall–Kier alpha value is -1.60. The number of sulfonamides is 1. The zero-order valence-electron chi connectivity index (χ0n) is 18.1. The maximum atomic E-state index is 13.3. The molecule has 0 bridgehead atoms. The molecule has 1 saturated carbocycles. The number of nitrogens with zero attached hydrogens (tertiary/aromatic N) is 2. The van der Waals surface area contributed by atoms with Gasteiger partial charge in [0.25, 0.3) is 0 Å². The van der Waals surface area contributed by atoms with E-state index in [4.69, 9.17) is 4.74 Å². The maximum Gasteiger partial charge on any atom is 0.243 e. The van der Waals surface area contributed by atoms with Crippen molar-refractivity contribution in [1.82, 2.24) is 9.21 Å². The lowest BCUT2D eigenvalue weighted by Crippen LogP contribution is -2.48. The van der Waals surface area contributed by atoms with Crippen LogP contribution in [0, 0.1) is 11.8 Å². The van der Waals surface area contributed by atoms with E-state index in [0.717, 1.165) is 12.8 Å². The minimum atomic E-state index is -3.54. The number of piperidine rings is 1. The van der Waals surface area contributed by atoms with Crippen molar-refractivity contribution < 1.29 is 17.9 Å². The van der Waals surface area contributed by atoms with Crippen LogP contribution in [-0.4, -0.2) is 55.3 Å². The molecule has 6 nitrogen and oxygen atoms in total. The first kappa shape index (κ1) is 21.6. The van der Waals surface area contributed by atoms with Crippen LogP contribution in [0.15, 0.2) is 29.2 Å². The van der Waals surface area contributed by atoms with E-state index in [9.17, 15) is 13.2 Å². The van der Waals surface area contributed by atoms with Crippen molar-refractivity contribution in [2.24, 2.45) is 11.8 Å². The van der Waals surface area contributed by atoms with Gasteiger partial charge in [0, 0.05) is 31.1 Å². The van der Waals surface area contributed by atoms with Gasteiger partial charge in [-0.3, -0.25) is 4.79 Å². The molecule has 7 heteroatoms. The summed E-state index contributed by atoms with van der Waals surface area (Å²) >= 11 is 0. The molecule has 1 aromatic rings. The average molecular weight is 435 g/mol. The summed E-state index contributed by atoms with van der Waals surface area (Å²) in [6.45, 7) is 5.44. The molecular formula is C23H34N2O4S. The lowest BCUT2D eigenvalue weighted by atomic mass is 9.84. The van der Waals surface area contributed by atoms with Crippen molar-refractivity contribution in [3.05, 3.63) is 24.3 Å². The number of hydrogen-bond donors (Lipinski definition) is 0. The molecule has 30 heavy (non-hydrogen) atoms. The van der Waals surface area contributed by atoms with Crippen molar-refractivity contribution in [1.29, 1.82) is 0 Å². The SMILES string of the molecule is CCOc1ccc(S(=O)(=O)N2CCC(C(=O)N3C(C)CC4CCCCC43)CC2)cc1. The van der Waals surface area contributed by atoms with Crippen LogP contribution >= 0.6 is 0 Å². The molecule has 0 radical (unpaired) electrons. The van der Waals surface area contributed by atoms with E-state index in [1.165, 1.54) is 23.6 Å². The molecule has 0 aromatic heterocycles. The lowest BCUT2D eigenvalue weighted by Gasteiger charge is -2.38. The second-order valence-electron chi connectivity index (χ2n) is 9.02. The van der Waals surface area contributed by atoms with E-state index >= 15 is 0 Å². The summed E-state index contributed by atoms with van der Waals surface area (Å²) in [6.07, 6.45) is 7.23. The van der Waals surface area contributed by atoms with Gasteiger partial charge in [-0.2, -0.15) is 4.31 Å². The number of hydrogen-bond acceptors (Lipinski definition) is 4. The van der Waals surface area contributed by atoms with Gasteiger partial charge in [-0.1, -0.05) is 12.8 Å². The van der Waals surface area contributed by atoms with E-state index in [-0.39, 0.29) is 16.7 Å². The predicted molar refractivity (Wildman–Crippen MR) is 116 cm³/mol. The Bertz CT molecular complexity index is 846. The van der Waals surface area contributed by atoms with Crippen LogP contribution in [0.4, 0.5) is 0 Å². The van der Waals surface area contributed by atoms with Gasteiger partial charge in [0.2, 0.25) is 15.9 Å². The van der Waals surface area contributed by atoms with Gasteiger partial charge in [-0.25, -0.2) is 8.42 Å². The fraction of sp³-hybridized carbons (Fsp3) is 0.696. The summed E-state index contributed by atoms with van der Waals surface area (Å²) in [5.41, 5.74) is 0. The number of likely N-dealkylation sites (tertiary alicyclic amines) is 1. The normalized spacial score (nSPS) is 28.3. The fourth-order valence-corrected chi connectivity index (χ4v) is 7.14. The van der Waals surface area contributed by atoms with E-state index in [1.807, 2.05) is 6.92 Å². The van der Waals surface area contributed by atoms with E-state index in [1.54, 1.807) is 24.3 Å². The quantitative estimate of drug-likeness (QED) is 0.709. The summed E-state index contributed by atoms with van der Waals surface area (Å²) in [7, 11) is -3.54. The summed E-state index contributed by atoms with van der Waals surface area (Å²) in [4.78, 5) is 15.8. The maximum absolute atomic E-state index is 13.3. The highest BCUT2D eigenvalue weighted by Crippen LogP contribution is 2.41. The van der Waals surface area contributed by atoms with Crippen molar-refractivity contribution in [2.45, 2.75) is 75.8 Å². The van der Waals surface area contributed by atoms with Crippen molar-refractivity contribution in [3.8, 4) is 5.75 Å². The Morgan fingerprint density at radius 1 is 1.07 bits per heavy atom. The molecular weight excluding hydrogens is 400 g/mol. The number of carbonyl (C=O) groups is 1. The van der Waals surface area contributed by atoms with E-state index < -0.39 is 10.0 Å². The Labute approximate surface area is 180 Å². The molecule has 2 aliphatic heterocycles. The minimum absolute atomic E-state index is 0.0556. The van der Waals surface area contributed by atoms with Crippen molar-refractivity contribution in [3.63, 3.8) is 0 Å². The second-order valence-corrected chi connectivity index (χ2v) is 11.0. The first-order valence-electron chi connectivity index (χ1n) is 11.5. The molecule has 3 aliphatic rings. The van der Waals surface area contributed by atoms with Crippen LogP contribution in [-0.2, 0) is 14.8 Å². The number of rotatable bonds is 5. The van der Waals surface area contributed by atoms with Crippen LogP contribution < -0.4 is 4.74 Å². The smallest absolute Gasteiger partial charge is 0.243 e. The van der Waals surface area contributed by atoms with Gasteiger partial charge < -0.3 is 9.64 Å². The highest BCUT2D eigenvalue weighted by molar-refractivity contribution is 7.89. The van der Waals surface area contributed by atoms with Crippen molar-refractivity contribution in [2.75, 3.05) is 19.7 Å². The number of benzene rings is 1. The van der Waals surface area contributed by atoms with Gasteiger partial charge in [-0.15, -0.1) is 0 Å². The highest BCUT2D eigenvalue weighted by Gasteiger charge is 2.45. The number of fused-ring (bicyclic) bond motifs is 1. The Balaban J connectivity index is 1.39. The molecule has 4 rings (SSSR count). The third-order valence-corrected chi connectivity index (χ3v) is 9.09. The fourth-order valence-electron chi connectivity index (χ4n) is 5.67. The monoisotopic (exact) mass is 434 g/mol. The molecule has 1 aromatic carbocycles. The summed E-state index contributed by atoms with van der Waals surface area (Å²) in [5, 5.41) is 0. The third-order valence-electron chi connectivity index (χ3n) is 7.18. The minimum Gasteiger partial charge on any atom is -0.494 e. The van der Waals surface area contributed by atoms with Gasteiger partial charge >= 0.3 is 0 Å². The largest absolute Gasteiger partial charge is 0.494 e. The molecule has 0 N–H and O–H groups in total. The summed E-state index contributed by atoms with van der Waals surface area (Å²) in [6, 6.07) is 7.33. The van der Waals surface area contributed by atoms with Gasteiger partial charge in [0.1, 0.15) is 5.75 Å². The van der Waals surface area contributed by atoms with Crippen LogP contribution in [0.25, 0.3) is 0 Å². The number of carbonyl (C=O) groups excluding carboxylic acids is 1. The number of ether oxygens (including phenoxy) is 1. The molecule has 166 valence electrons. The zero-order chi connectivity index (χ0) is 21.3. The van der Waals surface area contributed by atoms with Crippen LogP contribution in [0.3, 0.4) is 0 Å². The highest BCUT2D eigenvalue weighted by atomic mass is 32.2. The summed E-state index contributed by atoms with van der Waals surface area (Å²) < 4.78 is 33.0. The van der Waals surface area contributed by atoms with Crippen LogP contribution in [0.1, 0.15) is 58.8 Å². The van der Waals surface area contributed by atoms with Crippen LogP contribution in [0.5, 0.6) is 5.75 Å². The average Bonchev–Trinajstić information content (AvgIpc) is 3.09. The predicted octanol–water partition coefficient (Wildman–Crippen LogP) is 3.67. The van der Waals surface area contributed by atoms with E-state index in [2.05, 4.69) is 11.8 Å². The lowest BCUT2D eigenvalue weighted by molar-refractivity contribution is -0.140. The second kappa shape index (κ2) is 8.87. The van der Waals surface area contributed by atoms with E-state index in [0.29, 0.717) is 56.3 Å². The van der Waals surface area contributed by atoms with Gasteiger partial charge in [0.15, 0.2) is 0 Å². The molecule has 1 aliphatic carbocycles. The van der Waals surface area contributed by atoms with Crippen molar-refractivity contribution >= 4 is 15.9 Å². The van der Waals surface area contributed by atoms with Gasteiger partial charge in [0.05, 0.1) is 11.5 Å². The molecule has 0 spiro atoms. The standard InChI is InChI=1S/C23H34N2O4S/c1-3-29-20-8-10-21(11-9-20)30(27,28)24-14-12-18(13-15-24)23(26)25-17(2)16-19-6-4-5-7-22(19)25/h8-11,17-19,22H,3-7,12-16H2,1-2H3. The Kier molecular flexibility index (Phi) is 6.39. The summed E-state index contributed by atoms with van der Waals surface area (Å²) in [5.74, 6) is 1.54. The Morgan fingerprint density at radius 2 is 1.73 bits per heavy atom. The molecule has 3 atom stereocenters. The number of amides is 1. The molecule has 1 amide bonds. The molecule has 3 fully saturated rings. The molecule has 2 heterocycles. The molecule has 2 saturated heterocycles.